The van der Waals surface area contributed by atoms with E-state index >= 15 is 0 Å². The Labute approximate surface area is 138 Å². The molecule has 1 aliphatic rings. The summed E-state index contributed by atoms with van der Waals surface area (Å²) in [5, 5.41) is 2.29. The lowest BCUT2D eigenvalue weighted by molar-refractivity contribution is -0.118. The highest BCUT2D eigenvalue weighted by Gasteiger charge is 2.26. The fourth-order valence-electron chi connectivity index (χ4n) is 2.03. The molecule has 0 radical (unpaired) electrons. The number of carbonyl (C=O) groups excluding carboxylic acids is 2. The summed E-state index contributed by atoms with van der Waals surface area (Å²) in [5.41, 5.74) is -0.275. The molecule has 0 bridgehead atoms. The third-order valence-corrected chi connectivity index (χ3v) is 3.24. The van der Waals surface area contributed by atoms with Gasteiger partial charge in [-0.3, -0.25) is 4.79 Å². The molecule has 1 N–H and O–H groups in total. The Morgan fingerprint density at radius 2 is 2.13 bits per heavy atom. The maximum atomic E-state index is 13.5. The number of carbonyl (C=O) groups is 2. The summed E-state index contributed by atoms with van der Waals surface area (Å²) in [5.74, 6) is -0.751. The van der Waals surface area contributed by atoms with Crippen LogP contribution in [0.4, 0.5) is 14.9 Å². The normalized spacial score (nSPS) is 13.9. The fourth-order valence-corrected chi connectivity index (χ4v) is 2.19. The molecule has 2 amide bonds. The smallest absolute Gasteiger partial charge is 0.408 e. The minimum absolute atomic E-state index is 0.104. The van der Waals surface area contributed by atoms with E-state index in [2.05, 4.69) is 5.32 Å². The summed E-state index contributed by atoms with van der Waals surface area (Å²) < 4.78 is 23.8. The number of halogens is 2. The van der Waals surface area contributed by atoms with Crippen molar-refractivity contribution < 1.29 is 23.5 Å². The molecule has 1 aromatic rings. The van der Waals surface area contributed by atoms with Crippen LogP contribution in [0.3, 0.4) is 0 Å². The third-order valence-electron chi connectivity index (χ3n) is 2.95. The first kappa shape index (κ1) is 17.3. The van der Waals surface area contributed by atoms with Crippen LogP contribution in [-0.4, -0.2) is 37.3 Å². The van der Waals surface area contributed by atoms with Gasteiger partial charge in [-0.25, -0.2) is 9.18 Å². The summed E-state index contributed by atoms with van der Waals surface area (Å²) in [7, 11) is 0. The van der Waals surface area contributed by atoms with Gasteiger partial charge in [-0.05, 0) is 26.8 Å². The third kappa shape index (κ3) is 4.48. The summed E-state index contributed by atoms with van der Waals surface area (Å²) in [6.45, 7) is 5.44. The topological polar surface area (TPSA) is 67.9 Å². The van der Waals surface area contributed by atoms with E-state index in [9.17, 15) is 14.0 Å². The highest BCUT2D eigenvalue weighted by atomic mass is 35.5. The summed E-state index contributed by atoms with van der Waals surface area (Å²) in [6.07, 6.45) is -0.684. The molecule has 126 valence electrons. The molecule has 0 saturated heterocycles. The lowest BCUT2D eigenvalue weighted by atomic mass is 10.2. The molecule has 1 heterocycles. The summed E-state index contributed by atoms with van der Waals surface area (Å²) >= 11 is 5.76. The van der Waals surface area contributed by atoms with Gasteiger partial charge >= 0.3 is 6.09 Å². The minimum Gasteiger partial charge on any atom is -0.489 e. The van der Waals surface area contributed by atoms with Crippen molar-refractivity contribution in [3.8, 4) is 5.75 Å². The molecule has 0 fully saturated rings. The molecular formula is C15H18ClFN2O4. The second kappa shape index (κ2) is 6.62. The number of hydrogen-bond acceptors (Lipinski definition) is 4. The van der Waals surface area contributed by atoms with Crippen LogP contribution in [0, 0.1) is 5.82 Å². The van der Waals surface area contributed by atoms with E-state index < -0.39 is 17.5 Å². The number of ether oxygens (including phenoxy) is 2. The monoisotopic (exact) mass is 344 g/mol. The summed E-state index contributed by atoms with van der Waals surface area (Å²) in [4.78, 5) is 25.3. The SMILES string of the molecule is CC(C)(C)OC(=O)NCC(=O)N1CCOc2cc(F)c(Cl)cc21. The fraction of sp³-hybridized carbons (Fsp3) is 0.467. The van der Waals surface area contributed by atoms with Gasteiger partial charge in [0.1, 0.15) is 30.3 Å². The van der Waals surface area contributed by atoms with Crippen molar-refractivity contribution in [2.75, 3.05) is 24.6 Å². The van der Waals surface area contributed by atoms with Crippen LogP contribution in [0.25, 0.3) is 0 Å². The largest absolute Gasteiger partial charge is 0.489 e. The number of fused-ring (bicyclic) bond motifs is 1. The molecule has 0 unspecified atom stereocenters. The first-order chi connectivity index (χ1) is 10.7. The zero-order valence-electron chi connectivity index (χ0n) is 13.1. The predicted molar refractivity (Wildman–Crippen MR) is 83.5 cm³/mol. The van der Waals surface area contributed by atoms with E-state index in [1.807, 2.05) is 0 Å². The minimum atomic E-state index is -0.684. The van der Waals surface area contributed by atoms with Gasteiger partial charge in [0.15, 0.2) is 0 Å². The number of alkyl carbamates (subject to hydrolysis) is 1. The van der Waals surface area contributed by atoms with E-state index in [1.165, 1.54) is 11.0 Å². The van der Waals surface area contributed by atoms with Gasteiger partial charge in [0.05, 0.1) is 17.3 Å². The van der Waals surface area contributed by atoms with Gasteiger partial charge < -0.3 is 19.7 Å². The highest BCUT2D eigenvalue weighted by Crippen LogP contribution is 2.35. The van der Waals surface area contributed by atoms with E-state index in [-0.39, 0.29) is 36.4 Å². The van der Waals surface area contributed by atoms with E-state index in [0.29, 0.717) is 5.69 Å². The van der Waals surface area contributed by atoms with Crippen LogP contribution < -0.4 is 15.0 Å². The van der Waals surface area contributed by atoms with Crippen LogP contribution in [0.5, 0.6) is 5.75 Å². The molecule has 1 aliphatic heterocycles. The van der Waals surface area contributed by atoms with Gasteiger partial charge in [-0.2, -0.15) is 0 Å². The number of rotatable bonds is 2. The molecule has 1 aromatic carbocycles. The van der Waals surface area contributed by atoms with Crippen molar-refractivity contribution in [3.63, 3.8) is 0 Å². The Kier molecular flexibility index (Phi) is 4.99. The first-order valence-corrected chi connectivity index (χ1v) is 7.44. The average molecular weight is 345 g/mol. The first-order valence-electron chi connectivity index (χ1n) is 7.06. The second-order valence-electron chi connectivity index (χ2n) is 5.98. The van der Waals surface area contributed by atoms with E-state index in [1.54, 1.807) is 20.8 Å². The average Bonchev–Trinajstić information content (AvgIpc) is 2.43. The molecule has 0 aromatic heterocycles. The zero-order valence-corrected chi connectivity index (χ0v) is 13.9. The Morgan fingerprint density at radius 3 is 2.78 bits per heavy atom. The van der Waals surface area contributed by atoms with Gasteiger partial charge in [0, 0.05) is 6.07 Å². The molecule has 0 spiro atoms. The van der Waals surface area contributed by atoms with Gasteiger partial charge in [0.25, 0.3) is 0 Å². The molecule has 2 rings (SSSR count). The van der Waals surface area contributed by atoms with Crippen LogP contribution in [0.2, 0.25) is 5.02 Å². The van der Waals surface area contributed by atoms with Gasteiger partial charge in [-0.15, -0.1) is 0 Å². The lowest BCUT2D eigenvalue weighted by Gasteiger charge is -2.30. The number of nitrogens with one attached hydrogen (secondary N) is 1. The van der Waals surface area contributed by atoms with E-state index in [0.717, 1.165) is 6.07 Å². The molecule has 0 atom stereocenters. The number of benzene rings is 1. The Balaban J connectivity index is 2.05. The van der Waals surface area contributed by atoms with Gasteiger partial charge in [0.2, 0.25) is 5.91 Å². The maximum Gasteiger partial charge on any atom is 0.408 e. The van der Waals surface area contributed by atoms with E-state index in [4.69, 9.17) is 21.1 Å². The maximum absolute atomic E-state index is 13.5. The summed E-state index contributed by atoms with van der Waals surface area (Å²) in [6, 6.07) is 2.47. The quantitative estimate of drug-likeness (QED) is 0.895. The molecule has 23 heavy (non-hydrogen) atoms. The Bertz CT molecular complexity index is 631. The van der Waals surface area contributed by atoms with Crippen molar-refractivity contribution in [2.45, 2.75) is 26.4 Å². The van der Waals surface area contributed by atoms with Crippen LogP contribution in [0.1, 0.15) is 20.8 Å². The number of nitrogens with zero attached hydrogens (tertiary/aromatic N) is 1. The van der Waals surface area contributed by atoms with Crippen molar-refractivity contribution in [3.05, 3.63) is 23.0 Å². The highest BCUT2D eigenvalue weighted by molar-refractivity contribution is 6.31. The Morgan fingerprint density at radius 1 is 1.43 bits per heavy atom. The Hall–Kier alpha value is -2.02. The van der Waals surface area contributed by atoms with Crippen molar-refractivity contribution in [1.82, 2.24) is 5.32 Å². The molecule has 0 saturated carbocycles. The zero-order chi connectivity index (χ0) is 17.2. The van der Waals surface area contributed by atoms with Crippen LogP contribution in [-0.2, 0) is 9.53 Å². The van der Waals surface area contributed by atoms with Crippen molar-refractivity contribution in [1.29, 1.82) is 0 Å². The van der Waals surface area contributed by atoms with Crippen LogP contribution in [0.15, 0.2) is 12.1 Å². The number of hydrogen-bond donors (Lipinski definition) is 1. The molecule has 6 nitrogen and oxygen atoms in total. The van der Waals surface area contributed by atoms with Crippen LogP contribution >= 0.6 is 11.6 Å². The second-order valence-corrected chi connectivity index (χ2v) is 6.39. The molecule has 8 heteroatoms. The molecule has 0 aliphatic carbocycles. The van der Waals surface area contributed by atoms with Crippen molar-refractivity contribution in [2.24, 2.45) is 0 Å². The van der Waals surface area contributed by atoms with Gasteiger partial charge in [-0.1, -0.05) is 11.6 Å². The van der Waals surface area contributed by atoms with Crippen molar-refractivity contribution >= 4 is 29.3 Å². The number of amides is 2. The standard InChI is InChI=1S/C15H18ClFN2O4/c1-15(2,3)23-14(21)18-8-13(20)19-4-5-22-12-7-10(17)9(16)6-11(12)19/h6-7H,4-5,8H2,1-3H3,(H,18,21). The predicted octanol–water partition coefficient (Wildman–Crippen LogP) is 2.73. The number of anilines is 1. The molecular weight excluding hydrogens is 327 g/mol. The lowest BCUT2D eigenvalue weighted by Crippen LogP contribution is -2.45.